The maximum absolute atomic E-state index is 13.1. The molecule has 0 spiro atoms. The molecule has 0 bridgehead atoms. The maximum atomic E-state index is 13.1. The van der Waals surface area contributed by atoms with Crippen LogP contribution in [0.4, 0.5) is 18.0 Å². The fraction of sp³-hybridized carbons (Fsp3) is 0.423. The molecule has 2 aromatic rings. The molecule has 2 N–H and O–H groups in total. The number of hydrogen-bond donors (Lipinski definition) is 2. The van der Waals surface area contributed by atoms with Crippen LogP contribution in [0.5, 0.6) is 0 Å². The van der Waals surface area contributed by atoms with Gasteiger partial charge in [0, 0.05) is 12.5 Å². The molecular weight excluding hydrogens is 493 g/mol. The highest BCUT2D eigenvalue weighted by atomic mass is 19.4. The molecule has 0 fully saturated rings. The van der Waals surface area contributed by atoms with Gasteiger partial charge in [0.15, 0.2) is 0 Å². The smallest absolute Gasteiger partial charge is 0.407 e. The van der Waals surface area contributed by atoms with E-state index in [0.717, 1.165) is 22.3 Å². The summed E-state index contributed by atoms with van der Waals surface area (Å²) < 4.78 is 49.6. The number of nitrogens with zero attached hydrogens (tertiary/aromatic N) is 1. The van der Waals surface area contributed by atoms with E-state index < -0.39 is 55.5 Å². The third-order valence-corrected chi connectivity index (χ3v) is 5.55. The zero-order valence-corrected chi connectivity index (χ0v) is 20.7. The number of rotatable bonds is 9. The highest BCUT2D eigenvalue weighted by Gasteiger charge is 2.35. The first-order chi connectivity index (χ1) is 17.2. The number of amides is 1. The number of carbonyl (C=O) groups is 3. The number of carboxylic acid groups (broad SMARTS) is 1. The fourth-order valence-corrected chi connectivity index (χ4v) is 4.22. The van der Waals surface area contributed by atoms with Crippen molar-refractivity contribution in [2.24, 2.45) is 0 Å². The van der Waals surface area contributed by atoms with E-state index >= 15 is 0 Å². The van der Waals surface area contributed by atoms with Crippen LogP contribution in [0.1, 0.15) is 37.8 Å². The van der Waals surface area contributed by atoms with Crippen molar-refractivity contribution in [3.63, 3.8) is 0 Å². The van der Waals surface area contributed by atoms with Crippen molar-refractivity contribution in [3.05, 3.63) is 59.7 Å². The Labute approximate surface area is 212 Å². The Bertz CT molecular complexity index is 1100. The van der Waals surface area contributed by atoms with Gasteiger partial charge in [0.1, 0.15) is 18.2 Å². The number of carboxylic acids is 1. The number of nitrogens with one attached hydrogen (secondary N) is 1. The monoisotopic (exact) mass is 522 g/mol. The predicted molar refractivity (Wildman–Crippen MR) is 128 cm³/mol. The van der Waals surface area contributed by atoms with Gasteiger partial charge in [0.25, 0.3) is 0 Å². The third-order valence-electron chi connectivity index (χ3n) is 5.55. The molecule has 0 heterocycles. The zero-order chi connectivity index (χ0) is 27.4. The molecule has 8 nitrogen and oxygen atoms in total. The lowest BCUT2D eigenvalue weighted by Crippen LogP contribution is -2.52. The molecule has 0 saturated carbocycles. The molecule has 1 aliphatic rings. The Morgan fingerprint density at radius 2 is 1.54 bits per heavy atom. The average molecular weight is 523 g/mol. The Balaban J connectivity index is 1.66. The van der Waals surface area contributed by atoms with Crippen molar-refractivity contribution in [2.75, 3.05) is 26.2 Å². The summed E-state index contributed by atoms with van der Waals surface area (Å²) in [5, 5.41) is 11.6. The van der Waals surface area contributed by atoms with Gasteiger partial charge in [0.2, 0.25) is 0 Å². The minimum Gasteiger partial charge on any atom is -0.480 e. The molecular formula is C26H29F3N2O6. The van der Waals surface area contributed by atoms with Crippen molar-refractivity contribution in [2.45, 2.75) is 44.5 Å². The van der Waals surface area contributed by atoms with E-state index in [1.54, 1.807) is 20.8 Å². The Morgan fingerprint density at radius 1 is 1.00 bits per heavy atom. The van der Waals surface area contributed by atoms with Gasteiger partial charge in [-0.25, -0.2) is 9.59 Å². The number of esters is 1. The minimum absolute atomic E-state index is 0.101. The Kier molecular flexibility index (Phi) is 8.47. The molecule has 0 aromatic heterocycles. The number of ether oxygens (including phenoxy) is 2. The molecule has 1 aliphatic carbocycles. The first kappa shape index (κ1) is 28.0. The largest absolute Gasteiger partial charge is 0.480 e. The second kappa shape index (κ2) is 11.2. The maximum Gasteiger partial charge on any atom is 0.407 e. The molecule has 37 heavy (non-hydrogen) atoms. The third kappa shape index (κ3) is 7.94. The number of alkyl carbamates (subject to hydrolysis) is 1. The van der Waals surface area contributed by atoms with Crippen LogP contribution in [0.25, 0.3) is 11.1 Å². The average Bonchev–Trinajstić information content (AvgIpc) is 3.08. The minimum atomic E-state index is -4.71. The number of benzene rings is 2. The van der Waals surface area contributed by atoms with Gasteiger partial charge in [0.05, 0.1) is 13.1 Å². The van der Waals surface area contributed by atoms with Crippen LogP contribution in [-0.2, 0) is 19.1 Å². The Morgan fingerprint density at radius 3 is 2.03 bits per heavy atom. The van der Waals surface area contributed by atoms with Gasteiger partial charge < -0.3 is 19.9 Å². The first-order valence-corrected chi connectivity index (χ1v) is 11.6. The van der Waals surface area contributed by atoms with Crippen molar-refractivity contribution in [3.8, 4) is 11.1 Å². The van der Waals surface area contributed by atoms with E-state index in [9.17, 15) is 32.7 Å². The van der Waals surface area contributed by atoms with Crippen LogP contribution in [0.3, 0.4) is 0 Å². The first-order valence-electron chi connectivity index (χ1n) is 11.6. The summed E-state index contributed by atoms with van der Waals surface area (Å²) in [7, 11) is 0. The normalized spacial score (nSPS) is 14.0. The van der Waals surface area contributed by atoms with Gasteiger partial charge in [-0.05, 0) is 43.0 Å². The van der Waals surface area contributed by atoms with Crippen LogP contribution in [0, 0.1) is 0 Å². The van der Waals surface area contributed by atoms with Gasteiger partial charge in [-0.1, -0.05) is 48.5 Å². The molecule has 0 saturated heterocycles. The summed E-state index contributed by atoms with van der Waals surface area (Å²) in [6.07, 6.45) is -5.81. The fourth-order valence-electron chi connectivity index (χ4n) is 4.22. The highest BCUT2D eigenvalue weighted by molar-refractivity contribution is 5.81. The van der Waals surface area contributed by atoms with Crippen molar-refractivity contribution >= 4 is 18.0 Å². The van der Waals surface area contributed by atoms with E-state index in [4.69, 9.17) is 9.47 Å². The van der Waals surface area contributed by atoms with Crippen molar-refractivity contribution < 1.29 is 42.1 Å². The van der Waals surface area contributed by atoms with E-state index in [2.05, 4.69) is 5.32 Å². The summed E-state index contributed by atoms with van der Waals surface area (Å²) in [6, 6.07) is 13.5. The number of alkyl halides is 3. The Hall–Kier alpha value is -3.60. The highest BCUT2D eigenvalue weighted by Crippen LogP contribution is 2.44. The summed E-state index contributed by atoms with van der Waals surface area (Å²) >= 11 is 0. The molecule has 11 heteroatoms. The number of hydrogen-bond acceptors (Lipinski definition) is 6. The number of carbonyl (C=O) groups excluding carboxylic acids is 2. The lowest BCUT2D eigenvalue weighted by atomic mass is 9.98. The van der Waals surface area contributed by atoms with Crippen LogP contribution in [0.15, 0.2) is 48.5 Å². The zero-order valence-electron chi connectivity index (χ0n) is 20.7. The van der Waals surface area contributed by atoms with Crippen LogP contribution >= 0.6 is 0 Å². The molecule has 1 unspecified atom stereocenters. The van der Waals surface area contributed by atoms with Crippen molar-refractivity contribution in [1.82, 2.24) is 10.2 Å². The number of halogens is 3. The molecule has 0 radical (unpaired) electrons. The molecule has 2 aromatic carbocycles. The van der Waals surface area contributed by atoms with E-state index in [0.29, 0.717) is 4.90 Å². The van der Waals surface area contributed by atoms with E-state index in [-0.39, 0.29) is 12.5 Å². The van der Waals surface area contributed by atoms with E-state index in [1.807, 2.05) is 48.5 Å². The second-order valence-electron chi connectivity index (χ2n) is 9.73. The lowest BCUT2D eigenvalue weighted by molar-refractivity contribution is -0.166. The molecule has 0 aliphatic heterocycles. The molecule has 200 valence electrons. The molecule has 3 rings (SSSR count). The summed E-state index contributed by atoms with van der Waals surface area (Å²) in [6.45, 7) is 1.39. The van der Waals surface area contributed by atoms with Crippen molar-refractivity contribution in [1.29, 1.82) is 0 Å². The standard InChI is InChI=1S/C26H29F3N2O6/c1-25(2,3)37-22(32)13-31(15-26(27,28)29)12-21(23(33)34)30-24(35)36-14-20-18-10-6-4-8-16(18)17-9-5-7-11-19(17)20/h4-11,20-21H,12-15H2,1-3H3,(H,30,35)(H,33,34). The number of fused-ring (bicyclic) bond motifs is 3. The number of aliphatic carboxylic acids is 1. The van der Waals surface area contributed by atoms with Crippen LogP contribution in [0.2, 0.25) is 0 Å². The van der Waals surface area contributed by atoms with Gasteiger partial charge in [-0.3, -0.25) is 9.69 Å². The summed E-state index contributed by atoms with van der Waals surface area (Å²) in [4.78, 5) is 36.9. The summed E-state index contributed by atoms with van der Waals surface area (Å²) in [5.74, 6) is -2.82. The summed E-state index contributed by atoms with van der Waals surface area (Å²) in [5.41, 5.74) is 2.95. The van der Waals surface area contributed by atoms with Crippen LogP contribution < -0.4 is 5.32 Å². The van der Waals surface area contributed by atoms with Gasteiger partial charge >= 0.3 is 24.2 Å². The van der Waals surface area contributed by atoms with Crippen LogP contribution in [-0.4, -0.2) is 72.1 Å². The second-order valence-corrected chi connectivity index (χ2v) is 9.73. The van der Waals surface area contributed by atoms with E-state index in [1.165, 1.54) is 0 Å². The SMILES string of the molecule is CC(C)(C)OC(=O)CN(CC(NC(=O)OCC1c2ccccc2-c2ccccc21)C(=O)O)CC(F)(F)F. The molecule has 1 atom stereocenters. The molecule has 1 amide bonds. The van der Waals surface area contributed by atoms with Gasteiger partial charge in [-0.15, -0.1) is 0 Å². The quantitative estimate of drug-likeness (QED) is 0.476. The predicted octanol–water partition coefficient (Wildman–Crippen LogP) is 4.18. The lowest BCUT2D eigenvalue weighted by Gasteiger charge is -2.28. The topological polar surface area (TPSA) is 105 Å². The van der Waals surface area contributed by atoms with Gasteiger partial charge in [-0.2, -0.15) is 13.2 Å².